The molecule has 2 aliphatic rings. The lowest BCUT2D eigenvalue weighted by molar-refractivity contribution is -0.121. The molecule has 1 aromatic carbocycles. The van der Waals surface area contributed by atoms with Gasteiger partial charge in [-0.15, -0.1) is 0 Å². The summed E-state index contributed by atoms with van der Waals surface area (Å²) in [4.78, 5) is 19.4. The lowest BCUT2D eigenvalue weighted by Gasteiger charge is -2.23. The van der Waals surface area contributed by atoms with Crippen LogP contribution in [0.5, 0.6) is 0 Å². The Morgan fingerprint density at radius 2 is 2.06 bits per heavy atom. The lowest BCUT2D eigenvalue weighted by Crippen LogP contribution is -2.26. The van der Waals surface area contributed by atoms with Crippen LogP contribution in [-0.4, -0.2) is 38.5 Å². The topological polar surface area (TPSA) is 62.5 Å². The van der Waals surface area contributed by atoms with Gasteiger partial charge in [0.05, 0.1) is 11.7 Å². The number of fused-ring (bicyclic) bond motifs is 1. The van der Waals surface area contributed by atoms with Gasteiger partial charge in [-0.25, -0.2) is 13.9 Å². The number of hydrogen-bond acceptors (Lipinski definition) is 4. The summed E-state index contributed by atoms with van der Waals surface area (Å²) in [5, 5.41) is 7.99. The molecule has 6 nitrogen and oxygen atoms in total. The minimum atomic E-state index is -0.194. The van der Waals surface area contributed by atoms with Crippen molar-refractivity contribution in [2.45, 2.75) is 65.0 Å². The summed E-state index contributed by atoms with van der Waals surface area (Å²) >= 11 is 0. The molecule has 2 aromatic heterocycles. The zero-order valence-electron chi connectivity index (χ0n) is 19.5. The molecule has 7 heteroatoms. The first-order valence-electron chi connectivity index (χ1n) is 12.1. The molecular weight excluding hydrogens is 417 g/mol. The Balaban J connectivity index is 1.33. The van der Waals surface area contributed by atoms with E-state index in [2.05, 4.69) is 23.2 Å². The Hall–Kier alpha value is -2.80. The third kappa shape index (κ3) is 4.93. The zero-order chi connectivity index (χ0) is 22.9. The number of likely N-dealkylation sites (tertiary alicyclic amines) is 1. The van der Waals surface area contributed by atoms with E-state index in [9.17, 15) is 9.18 Å². The highest BCUT2D eigenvalue weighted by Gasteiger charge is 2.29. The van der Waals surface area contributed by atoms with E-state index in [0.29, 0.717) is 25.3 Å². The third-order valence-corrected chi connectivity index (χ3v) is 7.05. The molecule has 0 radical (unpaired) electrons. The van der Waals surface area contributed by atoms with Crippen LogP contribution < -0.4 is 5.32 Å². The van der Waals surface area contributed by atoms with Crippen molar-refractivity contribution in [3.63, 3.8) is 0 Å². The molecule has 33 heavy (non-hydrogen) atoms. The van der Waals surface area contributed by atoms with Crippen molar-refractivity contribution in [2.24, 2.45) is 5.92 Å². The first kappa shape index (κ1) is 22.0. The summed E-state index contributed by atoms with van der Waals surface area (Å²) in [6, 6.07) is 9.13. The number of hydrogen-bond donors (Lipinski definition) is 1. The van der Waals surface area contributed by atoms with Crippen LogP contribution in [-0.2, 0) is 17.8 Å². The van der Waals surface area contributed by atoms with E-state index in [-0.39, 0.29) is 17.8 Å². The number of nitrogens with one attached hydrogen (secondary N) is 1. The molecule has 1 saturated heterocycles. The van der Waals surface area contributed by atoms with Gasteiger partial charge in [0.1, 0.15) is 5.82 Å². The largest absolute Gasteiger partial charge is 0.356 e. The molecule has 1 atom stereocenters. The maximum atomic E-state index is 13.6. The van der Waals surface area contributed by atoms with Crippen LogP contribution >= 0.6 is 0 Å². The predicted octanol–water partition coefficient (Wildman–Crippen LogP) is 4.28. The monoisotopic (exact) mass is 449 g/mol. The number of carbonyl (C=O) groups excluding carboxylic acids is 1. The van der Waals surface area contributed by atoms with Crippen LogP contribution in [0.1, 0.15) is 66.4 Å². The van der Waals surface area contributed by atoms with E-state index in [1.165, 1.54) is 18.9 Å². The second-order valence-corrected chi connectivity index (χ2v) is 9.61. The zero-order valence-corrected chi connectivity index (χ0v) is 19.5. The molecule has 174 valence electrons. The summed E-state index contributed by atoms with van der Waals surface area (Å²) in [6.45, 7) is 6.58. The van der Waals surface area contributed by atoms with Gasteiger partial charge in [-0.05, 0) is 81.7 Å². The Kier molecular flexibility index (Phi) is 6.15. The minimum Gasteiger partial charge on any atom is -0.356 e. The lowest BCUT2D eigenvalue weighted by atomic mass is 10.1. The van der Waals surface area contributed by atoms with Crippen molar-refractivity contribution in [1.82, 2.24) is 24.8 Å². The summed E-state index contributed by atoms with van der Waals surface area (Å²) in [7, 11) is 0. The van der Waals surface area contributed by atoms with Crippen LogP contribution in [0.25, 0.3) is 5.65 Å². The van der Waals surface area contributed by atoms with Crippen LogP contribution in [0, 0.1) is 25.6 Å². The molecule has 5 rings (SSSR count). The Morgan fingerprint density at radius 1 is 1.21 bits per heavy atom. The molecule has 0 bridgehead atoms. The van der Waals surface area contributed by atoms with Gasteiger partial charge < -0.3 is 5.32 Å². The number of nitrogens with zero attached hydrogens (tertiary/aromatic N) is 4. The first-order valence-corrected chi connectivity index (χ1v) is 12.1. The number of halogens is 1. The number of amides is 1. The molecule has 2 fully saturated rings. The molecule has 0 spiro atoms. The predicted molar refractivity (Wildman–Crippen MR) is 125 cm³/mol. The van der Waals surface area contributed by atoms with Crippen molar-refractivity contribution < 1.29 is 9.18 Å². The van der Waals surface area contributed by atoms with Gasteiger partial charge in [-0.3, -0.25) is 9.69 Å². The molecule has 1 N–H and O–H groups in total. The Labute approximate surface area is 194 Å². The fourth-order valence-electron chi connectivity index (χ4n) is 5.00. The Morgan fingerprint density at radius 3 is 2.85 bits per heavy atom. The van der Waals surface area contributed by atoms with E-state index in [0.717, 1.165) is 59.8 Å². The average Bonchev–Trinajstić information content (AvgIpc) is 3.34. The molecular formula is C26H32FN5O. The van der Waals surface area contributed by atoms with Gasteiger partial charge in [-0.2, -0.15) is 5.10 Å². The van der Waals surface area contributed by atoms with Crippen molar-refractivity contribution >= 4 is 11.6 Å². The maximum absolute atomic E-state index is 13.6. The highest BCUT2D eigenvalue weighted by atomic mass is 19.1. The molecule has 3 aromatic rings. The van der Waals surface area contributed by atoms with Gasteiger partial charge in [0.25, 0.3) is 0 Å². The van der Waals surface area contributed by atoms with Crippen molar-refractivity contribution in [1.29, 1.82) is 0 Å². The van der Waals surface area contributed by atoms with Crippen molar-refractivity contribution in [3.8, 4) is 0 Å². The van der Waals surface area contributed by atoms with Crippen molar-refractivity contribution in [3.05, 3.63) is 64.4 Å². The highest BCUT2D eigenvalue weighted by molar-refractivity contribution is 5.76. The molecule has 1 aliphatic carbocycles. The Bertz CT molecular complexity index is 1170. The molecule has 3 heterocycles. The van der Waals surface area contributed by atoms with Gasteiger partial charge >= 0.3 is 0 Å². The van der Waals surface area contributed by atoms with Gasteiger partial charge in [-0.1, -0.05) is 12.1 Å². The van der Waals surface area contributed by atoms with E-state index < -0.39 is 0 Å². The third-order valence-electron chi connectivity index (χ3n) is 7.05. The van der Waals surface area contributed by atoms with Crippen molar-refractivity contribution in [2.75, 3.05) is 13.1 Å². The van der Waals surface area contributed by atoms with E-state index in [1.54, 1.807) is 12.1 Å². The summed E-state index contributed by atoms with van der Waals surface area (Å²) in [6.07, 6.45) is 5.75. The second-order valence-electron chi connectivity index (χ2n) is 9.61. The molecule has 1 aliphatic heterocycles. The molecule has 0 unspecified atom stereocenters. The van der Waals surface area contributed by atoms with Crippen LogP contribution in [0.3, 0.4) is 0 Å². The average molecular weight is 450 g/mol. The van der Waals surface area contributed by atoms with Gasteiger partial charge in [0.2, 0.25) is 5.91 Å². The van der Waals surface area contributed by atoms with Crippen LogP contribution in [0.2, 0.25) is 0 Å². The fraction of sp³-hybridized carbons (Fsp3) is 0.500. The number of aromatic nitrogens is 3. The van der Waals surface area contributed by atoms with E-state index >= 15 is 0 Å². The first-order chi connectivity index (χ1) is 16.0. The van der Waals surface area contributed by atoms with Crippen LogP contribution in [0.4, 0.5) is 4.39 Å². The SMILES string of the molecule is Cc1nc2cc([C@@H]3CCCN3Cc3cccc(F)c3)nn2c(C)c1CCC(=O)NCC1CC1. The second kappa shape index (κ2) is 9.21. The van der Waals surface area contributed by atoms with Gasteiger partial charge in [0.15, 0.2) is 5.65 Å². The summed E-state index contributed by atoms with van der Waals surface area (Å²) < 4.78 is 15.6. The molecule has 1 saturated carbocycles. The maximum Gasteiger partial charge on any atom is 0.220 e. The number of aryl methyl sites for hydroxylation is 2. The number of benzene rings is 1. The standard InChI is InChI=1S/C26H32FN5O/c1-17-22(10-11-26(33)28-15-19-8-9-19)18(2)32-25(29-17)14-23(30-32)24-7-4-12-31(24)16-20-5-3-6-21(27)13-20/h3,5-6,13-14,19,24H,4,7-12,15-16H2,1-2H3,(H,28,33)/t24-/m0/s1. The minimum absolute atomic E-state index is 0.112. The van der Waals surface area contributed by atoms with Gasteiger partial charge in [0, 0.05) is 37.0 Å². The smallest absolute Gasteiger partial charge is 0.220 e. The summed E-state index contributed by atoms with van der Waals surface area (Å²) in [5.41, 5.74) is 5.95. The fourth-order valence-corrected chi connectivity index (χ4v) is 5.00. The van der Waals surface area contributed by atoms with E-state index in [1.807, 2.05) is 17.5 Å². The highest BCUT2D eigenvalue weighted by Crippen LogP contribution is 2.33. The number of rotatable bonds is 8. The summed E-state index contributed by atoms with van der Waals surface area (Å²) in [5.74, 6) is 0.606. The van der Waals surface area contributed by atoms with Crippen LogP contribution in [0.15, 0.2) is 30.3 Å². The number of carbonyl (C=O) groups is 1. The molecule has 1 amide bonds. The van der Waals surface area contributed by atoms with E-state index in [4.69, 9.17) is 10.1 Å². The quantitative estimate of drug-likeness (QED) is 0.558. The normalized spacial score (nSPS) is 18.8.